The molecule has 0 heterocycles. The maximum atomic E-state index is 13.0. The fourth-order valence-electron chi connectivity index (χ4n) is 3.23. The van der Waals surface area contributed by atoms with Crippen molar-refractivity contribution < 1.29 is 9.59 Å². The molecule has 0 saturated heterocycles. The monoisotopic (exact) mass is 365 g/mol. The zero-order valence-electron chi connectivity index (χ0n) is 17.6. The predicted octanol–water partition coefficient (Wildman–Crippen LogP) is 5.54. The third-order valence-electron chi connectivity index (χ3n) is 4.80. The lowest BCUT2D eigenvalue weighted by molar-refractivity contribution is -0.112. The van der Waals surface area contributed by atoms with Gasteiger partial charge in [-0.1, -0.05) is 49.3 Å². The topological polar surface area (TPSA) is 37.4 Å². The standard InChI is InChI=1S/C24H31NO2/c1-15(2)10-12-25(13-11-16(3)4)22-18(7)8-9-19-14-20(17(5)6)23(26)24(27)21(19)22/h8-11,14,17H,12-13H2,1-7H3. The molecule has 0 aliphatic heterocycles. The highest BCUT2D eigenvalue weighted by molar-refractivity contribution is 6.52. The molecule has 1 aliphatic rings. The van der Waals surface area contributed by atoms with E-state index in [1.54, 1.807) is 0 Å². The van der Waals surface area contributed by atoms with E-state index in [9.17, 15) is 9.59 Å². The van der Waals surface area contributed by atoms with Gasteiger partial charge in [-0.15, -0.1) is 0 Å². The molecular weight excluding hydrogens is 334 g/mol. The molecule has 3 heteroatoms. The second-order valence-electron chi connectivity index (χ2n) is 8.08. The molecule has 3 nitrogen and oxygen atoms in total. The summed E-state index contributed by atoms with van der Waals surface area (Å²) in [6.45, 7) is 15.6. The minimum Gasteiger partial charge on any atom is -0.363 e. The van der Waals surface area contributed by atoms with E-state index >= 15 is 0 Å². The lowest BCUT2D eigenvalue weighted by Gasteiger charge is -2.29. The van der Waals surface area contributed by atoms with E-state index in [-0.39, 0.29) is 17.5 Å². The fourth-order valence-corrected chi connectivity index (χ4v) is 3.23. The molecule has 0 bridgehead atoms. The average Bonchev–Trinajstić information content (AvgIpc) is 2.58. The Morgan fingerprint density at radius 3 is 2.00 bits per heavy atom. The number of aryl methyl sites for hydroxylation is 1. The van der Waals surface area contributed by atoms with Crippen molar-refractivity contribution in [1.29, 1.82) is 0 Å². The average molecular weight is 366 g/mol. The summed E-state index contributed by atoms with van der Waals surface area (Å²) >= 11 is 0. The number of Topliss-reactive ketones (excluding diaryl/α,β-unsaturated/α-hetero) is 2. The predicted molar refractivity (Wildman–Crippen MR) is 114 cm³/mol. The van der Waals surface area contributed by atoms with E-state index in [0.717, 1.165) is 16.8 Å². The van der Waals surface area contributed by atoms with Crippen LogP contribution in [0.15, 0.2) is 41.0 Å². The van der Waals surface area contributed by atoms with Crippen molar-refractivity contribution in [3.05, 3.63) is 57.7 Å². The molecule has 0 amide bonds. The van der Waals surface area contributed by atoms with Gasteiger partial charge in [0.15, 0.2) is 0 Å². The van der Waals surface area contributed by atoms with Crippen molar-refractivity contribution in [3.63, 3.8) is 0 Å². The summed E-state index contributed by atoms with van der Waals surface area (Å²) in [5.74, 6) is -0.713. The first-order valence-corrected chi connectivity index (χ1v) is 9.59. The molecule has 0 atom stereocenters. The van der Waals surface area contributed by atoms with Gasteiger partial charge in [0.2, 0.25) is 11.6 Å². The third kappa shape index (κ3) is 4.65. The summed E-state index contributed by atoms with van der Waals surface area (Å²) < 4.78 is 0. The number of hydrogen-bond acceptors (Lipinski definition) is 3. The Morgan fingerprint density at radius 1 is 0.963 bits per heavy atom. The summed E-state index contributed by atoms with van der Waals surface area (Å²) in [5.41, 5.74) is 6.34. The highest BCUT2D eigenvalue weighted by Gasteiger charge is 2.32. The third-order valence-corrected chi connectivity index (χ3v) is 4.80. The highest BCUT2D eigenvalue weighted by Crippen LogP contribution is 2.35. The van der Waals surface area contributed by atoms with Crippen LogP contribution in [0.25, 0.3) is 6.08 Å². The van der Waals surface area contributed by atoms with Crippen LogP contribution in [0, 0.1) is 12.8 Å². The van der Waals surface area contributed by atoms with Crippen LogP contribution in [0.5, 0.6) is 0 Å². The molecule has 144 valence electrons. The fraction of sp³-hybridized carbons (Fsp3) is 0.417. The molecule has 1 aromatic rings. The number of allylic oxidation sites excluding steroid dienone is 3. The number of ketones is 2. The summed E-state index contributed by atoms with van der Waals surface area (Å²) in [7, 11) is 0. The van der Waals surface area contributed by atoms with Gasteiger partial charge in [0.1, 0.15) is 0 Å². The van der Waals surface area contributed by atoms with Gasteiger partial charge in [0, 0.05) is 18.7 Å². The van der Waals surface area contributed by atoms with Crippen LogP contribution in [0.3, 0.4) is 0 Å². The van der Waals surface area contributed by atoms with Gasteiger partial charge in [-0.3, -0.25) is 9.59 Å². The second kappa shape index (κ2) is 8.51. The van der Waals surface area contributed by atoms with Crippen LogP contribution in [-0.4, -0.2) is 24.7 Å². The number of carbonyl (C=O) groups is 2. The van der Waals surface area contributed by atoms with Crippen LogP contribution in [0.2, 0.25) is 0 Å². The quantitative estimate of drug-likeness (QED) is 0.491. The lowest BCUT2D eigenvalue weighted by Crippen LogP contribution is -2.31. The number of anilines is 1. The molecule has 1 aromatic carbocycles. The van der Waals surface area contributed by atoms with Crippen molar-refractivity contribution in [3.8, 4) is 0 Å². The lowest BCUT2D eigenvalue weighted by atomic mass is 9.83. The molecule has 0 spiro atoms. The minimum absolute atomic E-state index is 0.0341. The van der Waals surface area contributed by atoms with Gasteiger partial charge >= 0.3 is 0 Å². The number of fused-ring (bicyclic) bond motifs is 1. The largest absolute Gasteiger partial charge is 0.363 e. The molecule has 0 fully saturated rings. The van der Waals surface area contributed by atoms with E-state index in [2.05, 4.69) is 44.7 Å². The first kappa shape index (κ1) is 20.9. The second-order valence-corrected chi connectivity index (χ2v) is 8.08. The normalized spacial score (nSPS) is 13.3. The van der Waals surface area contributed by atoms with E-state index in [0.29, 0.717) is 24.2 Å². The Kier molecular flexibility index (Phi) is 6.59. The first-order valence-electron chi connectivity index (χ1n) is 9.59. The van der Waals surface area contributed by atoms with Crippen LogP contribution in [-0.2, 0) is 4.79 Å². The van der Waals surface area contributed by atoms with Crippen molar-refractivity contribution in [1.82, 2.24) is 0 Å². The van der Waals surface area contributed by atoms with Crippen LogP contribution >= 0.6 is 0 Å². The van der Waals surface area contributed by atoms with E-state index in [1.807, 2.05) is 39.0 Å². The number of hydrogen-bond donors (Lipinski definition) is 0. The van der Waals surface area contributed by atoms with Crippen molar-refractivity contribution in [2.45, 2.75) is 48.5 Å². The molecule has 1 aliphatic carbocycles. The molecule has 0 unspecified atom stereocenters. The van der Waals surface area contributed by atoms with Crippen LogP contribution < -0.4 is 4.90 Å². The Hall–Kier alpha value is -2.42. The Labute approximate surface area is 163 Å². The minimum atomic E-state index is -0.380. The molecule has 0 N–H and O–H groups in total. The maximum absolute atomic E-state index is 13.0. The SMILES string of the molecule is CC(C)=CCN(CC=C(C)C)c1c(C)ccc2c1C(=O)C(=O)C(C(C)C)=C2. The number of benzene rings is 1. The molecular formula is C24H31NO2. The maximum Gasteiger partial charge on any atom is 0.235 e. The molecule has 0 saturated carbocycles. The van der Waals surface area contributed by atoms with Gasteiger partial charge in [-0.2, -0.15) is 0 Å². The van der Waals surface area contributed by atoms with Gasteiger partial charge in [0.05, 0.1) is 11.3 Å². The first-order chi connectivity index (χ1) is 12.6. The summed E-state index contributed by atoms with van der Waals surface area (Å²) in [5, 5.41) is 0. The molecule has 27 heavy (non-hydrogen) atoms. The smallest absolute Gasteiger partial charge is 0.235 e. The van der Waals surface area contributed by atoms with Gasteiger partial charge in [-0.05, 0) is 57.7 Å². The summed E-state index contributed by atoms with van der Waals surface area (Å²) in [6, 6.07) is 4.00. The zero-order chi connectivity index (χ0) is 20.3. The van der Waals surface area contributed by atoms with Crippen molar-refractivity contribution >= 4 is 23.3 Å². The van der Waals surface area contributed by atoms with E-state index in [1.165, 1.54) is 11.1 Å². The van der Waals surface area contributed by atoms with Crippen molar-refractivity contribution in [2.75, 3.05) is 18.0 Å². The van der Waals surface area contributed by atoms with Gasteiger partial charge in [0.25, 0.3) is 0 Å². The van der Waals surface area contributed by atoms with Crippen LogP contribution in [0.4, 0.5) is 5.69 Å². The molecule has 0 radical (unpaired) electrons. The Balaban J connectivity index is 2.66. The highest BCUT2D eigenvalue weighted by atomic mass is 16.2. The zero-order valence-corrected chi connectivity index (χ0v) is 17.6. The summed E-state index contributed by atoms with van der Waals surface area (Å²) in [6.07, 6.45) is 6.21. The van der Waals surface area contributed by atoms with Gasteiger partial charge < -0.3 is 4.90 Å². The number of nitrogens with zero attached hydrogens (tertiary/aromatic N) is 1. The van der Waals surface area contributed by atoms with Crippen LogP contribution in [0.1, 0.15) is 63.0 Å². The molecule has 2 rings (SSSR count). The number of carbonyl (C=O) groups excluding carboxylic acids is 2. The van der Waals surface area contributed by atoms with E-state index in [4.69, 9.17) is 0 Å². The summed E-state index contributed by atoms with van der Waals surface area (Å²) in [4.78, 5) is 27.9. The van der Waals surface area contributed by atoms with Gasteiger partial charge in [-0.25, -0.2) is 0 Å². The Bertz CT molecular complexity index is 825. The van der Waals surface area contributed by atoms with Crippen molar-refractivity contribution in [2.24, 2.45) is 5.92 Å². The number of rotatable bonds is 6. The van der Waals surface area contributed by atoms with E-state index < -0.39 is 0 Å². The Morgan fingerprint density at radius 2 is 1.52 bits per heavy atom. The molecule has 0 aromatic heterocycles.